The number of carbonyl (C=O) groups excluding carboxylic acids is 1. The maximum Gasteiger partial charge on any atom is 0.422 e. The largest absolute Gasteiger partial charge is 0.446 e. The fourth-order valence-electron chi connectivity index (χ4n) is 1.52. The van der Waals surface area contributed by atoms with Gasteiger partial charge in [-0.2, -0.15) is 13.1 Å². The molecule has 6 nitrogen and oxygen atoms in total. The molecule has 1 unspecified atom stereocenters. The van der Waals surface area contributed by atoms with Crippen LogP contribution in [0.1, 0.15) is 40.0 Å². The normalized spacial score (nSPS) is 13.3. The lowest BCUT2D eigenvalue weighted by Gasteiger charge is -2.16. The third-order valence-corrected chi connectivity index (χ3v) is 3.78. The van der Waals surface area contributed by atoms with Gasteiger partial charge in [-0.1, -0.05) is 29.3 Å². The number of amides is 1. The first-order chi connectivity index (χ1) is 8.80. The van der Waals surface area contributed by atoms with Gasteiger partial charge in [-0.25, -0.2) is 9.52 Å². The quantitative estimate of drug-likeness (QED) is 0.618. The van der Waals surface area contributed by atoms with Crippen molar-refractivity contribution >= 4 is 32.2 Å². The second kappa shape index (κ2) is 9.55. The zero-order chi connectivity index (χ0) is 14.9. The van der Waals surface area contributed by atoms with Crippen molar-refractivity contribution in [2.75, 3.05) is 11.9 Å². The SMILES string of the molecule is CCCC(CCBr)CNS(=O)(=O)NC(=O)OC(C)C. The Balaban J connectivity index is 4.24. The molecule has 0 radical (unpaired) electrons. The molecule has 1 atom stereocenters. The van der Waals surface area contributed by atoms with Crippen LogP contribution >= 0.6 is 15.9 Å². The Labute approximate surface area is 124 Å². The van der Waals surface area contributed by atoms with Gasteiger partial charge >= 0.3 is 16.3 Å². The van der Waals surface area contributed by atoms with E-state index in [9.17, 15) is 13.2 Å². The minimum atomic E-state index is -3.85. The Kier molecular flexibility index (Phi) is 9.38. The van der Waals surface area contributed by atoms with Gasteiger partial charge in [-0.3, -0.25) is 0 Å². The maximum atomic E-state index is 11.6. The summed E-state index contributed by atoms with van der Waals surface area (Å²) in [4.78, 5) is 11.2. The fourth-order valence-corrected chi connectivity index (χ4v) is 2.96. The molecule has 2 N–H and O–H groups in total. The van der Waals surface area contributed by atoms with E-state index < -0.39 is 16.3 Å². The van der Waals surface area contributed by atoms with E-state index in [0.717, 1.165) is 24.6 Å². The van der Waals surface area contributed by atoms with Crippen molar-refractivity contribution in [1.29, 1.82) is 0 Å². The van der Waals surface area contributed by atoms with Crippen LogP contribution in [0.25, 0.3) is 0 Å². The number of alkyl halides is 1. The third kappa shape index (κ3) is 10.1. The van der Waals surface area contributed by atoms with Gasteiger partial charge in [-0.05, 0) is 32.6 Å². The number of hydrogen-bond acceptors (Lipinski definition) is 4. The van der Waals surface area contributed by atoms with Crippen molar-refractivity contribution in [3.05, 3.63) is 0 Å². The van der Waals surface area contributed by atoms with E-state index >= 15 is 0 Å². The average Bonchev–Trinajstić information content (AvgIpc) is 2.24. The molecule has 19 heavy (non-hydrogen) atoms. The molecule has 0 rings (SSSR count). The Morgan fingerprint density at radius 2 is 1.95 bits per heavy atom. The summed E-state index contributed by atoms with van der Waals surface area (Å²) in [7, 11) is -3.85. The molecule has 0 aromatic carbocycles. The molecule has 0 aliphatic heterocycles. The van der Waals surface area contributed by atoms with Crippen LogP contribution in [0.4, 0.5) is 4.79 Å². The molecule has 0 bridgehead atoms. The summed E-state index contributed by atoms with van der Waals surface area (Å²) >= 11 is 3.34. The first-order valence-electron chi connectivity index (χ1n) is 6.34. The molecule has 0 spiro atoms. The van der Waals surface area contributed by atoms with Gasteiger partial charge in [0.2, 0.25) is 0 Å². The third-order valence-electron chi connectivity index (χ3n) is 2.34. The summed E-state index contributed by atoms with van der Waals surface area (Å²) in [6.45, 7) is 5.65. The van der Waals surface area contributed by atoms with E-state index in [1.807, 2.05) is 11.6 Å². The maximum absolute atomic E-state index is 11.6. The molecule has 0 aromatic heterocycles. The van der Waals surface area contributed by atoms with Crippen molar-refractivity contribution in [3.8, 4) is 0 Å². The molecule has 0 aromatic rings. The zero-order valence-corrected chi connectivity index (χ0v) is 14.0. The van der Waals surface area contributed by atoms with E-state index in [2.05, 4.69) is 20.7 Å². The molecule has 8 heteroatoms. The van der Waals surface area contributed by atoms with E-state index in [0.29, 0.717) is 6.54 Å². The number of rotatable bonds is 9. The minimum Gasteiger partial charge on any atom is -0.446 e. The standard InChI is InChI=1S/C11H23BrN2O4S/c1-4-5-10(6-7-12)8-13-19(16,17)14-11(15)18-9(2)3/h9-10,13H,4-8H2,1-3H3,(H,14,15). The molecule has 0 fully saturated rings. The van der Waals surface area contributed by atoms with Gasteiger partial charge in [0.15, 0.2) is 0 Å². The average molecular weight is 359 g/mol. The van der Waals surface area contributed by atoms with Crippen LogP contribution in [0.15, 0.2) is 0 Å². The number of carbonyl (C=O) groups is 1. The van der Waals surface area contributed by atoms with E-state index in [1.54, 1.807) is 13.8 Å². The number of halogens is 1. The highest BCUT2D eigenvalue weighted by Gasteiger charge is 2.17. The fraction of sp³-hybridized carbons (Fsp3) is 0.909. The lowest BCUT2D eigenvalue weighted by atomic mass is 10.0. The monoisotopic (exact) mass is 358 g/mol. The molecule has 0 saturated carbocycles. The Bertz CT molecular complexity index is 354. The molecule has 0 saturated heterocycles. The molecular formula is C11H23BrN2O4S. The van der Waals surface area contributed by atoms with Crippen LogP contribution in [-0.4, -0.2) is 32.5 Å². The van der Waals surface area contributed by atoms with Gasteiger partial charge in [-0.15, -0.1) is 0 Å². The molecule has 0 aliphatic carbocycles. The zero-order valence-electron chi connectivity index (χ0n) is 11.6. The minimum absolute atomic E-state index is 0.252. The van der Waals surface area contributed by atoms with Gasteiger partial charge in [0, 0.05) is 11.9 Å². The predicted molar refractivity (Wildman–Crippen MR) is 78.5 cm³/mol. The van der Waals surface area contributed by atoms with Crippen LogP contribution in [-0.2, 0) is 14.9 Å². The lowest BCUT2D eigenvalue weighted by molar-refractivity contribution is 0.121. The summed E-state index contributed by atoms with van der Waals surface area (Å²) in [6, 6.07) is 0. The summed E-state index contributed by atoms with van der Waals surface area (Å²) in [6.07, 6.45) is 1.48. The van der Waals surface area contributed by atoms with Crippen LogP contribution in [0.5, 0.6) is 0 Å². The highest BCUT2D eigenvalue weighted by atomic mass is 79.9. The first kappa shape index (κ1) is 18.7. The number of hydrogen-bond donors (Lipinski definition) is 2. The number of ether oxygens (including phenoxy) is 1. The Morgan fingerprint density at radius 1 is 1.32 bits per heavy atom. The van der Waals surface area contributed by atoms with Crippen LogP contribution in [0, 0.1) is 5.92 Å². The van der Waals surface area contributed by atoms with Crippen LogP contribution in [0.3, 0.4) is 0 Å². The smallest absolute Gasteiger partial charge is 0.422 e. The van der Waals surface area contributed by atoms with Crippen molar-refractivity contribution in [2.24, 2.45) is 5.92 Å². The van der Waals surface area contributed by atoms with E-state index in [4.69, 9.17) is 4.74 Å². The second-order valence-corrected chi connectivity index (χ2v) is 6.83. The van der Waals surface area contributed by atoms with Gasteiger partial charge < -0.3 is 4.74 Å². The summed E-state index contributed by atoms with van der Waals surface area (Å²) in [5, 5.41) is 0.822. The van der Waals surface area contributed by atoms with Crippen LogP contribution < -0.4 is 9.44 Å². The van der Waals surface area contributed by atoms with Gasteiger partial charge in [0.05, 0.1) is 6.10 Å². The Morgan fingerprint density at radius 3 is 2.42 bits per heavy atom. The van der Waals surface area contributed by atoms with Crippen LogP contribution in [0.2, 0.25) is 0 Å². The highest BCUT2D eigenvalue weighted by Crippen LogP contribution is 2.11. The van der Waals surface area contributed by atoms with E-state index in [-0.39, 0.29) is 12.0 Å². The number of nitrogens with one attached hydrogen (secondary N) is 2. The highest BCUT2D eigenvalue weighted by molar-refractivity contribution is 9.09. The van der Waals surface area contributed by atoms with Gasteiger partial charge in [0.25, 0.3) is 0 Å². The van der Waals surface area contributed by atoms with Crippen molar-refractivity contribution in [2.45, 2.75) is 46.1 Å². The molecule has 0 heterocycles. The molecule has 1 amide bonds. The van der Waals surface area contributed by atoms with Crippen molar-refractivity contribution in [1.82, 2.24) is 9.44 Å². The van der Waals surface area contributed by atoms with E-state index in [1.165, 1.54) is 0 Å². The first-order valence-corrected chi connectivity index (χ1v) is 8.95. The molecule has 0 aliphatic rings. The molecule has 114 valence electrons. The summed E-state index contributed by atoms with van der Waals surface area (Å²) < 4.78 is 32.1. The lowest BCUT2D eigenvalue weighted by Crippen LogP contribution is -2.43. The summed E-state index contributed by atoms with van der Waals surface area (Å²) in [5.41, 5.74) is 0. The topological polar surface area (TPSA) is 84.5 Å². The second-order valence-electron chi connectivity index (χ2n) is 4.54. The van der Waals surface area contributed by atoms with Crippen molar-refractivity contribution < 1.29 is 17.9 Å². The van der Waals surface area contributed by atoms with Crippen molar-refractivity contribution in [3.63, 3.8) is 0 Å². The summed E-state index contributed by atoms with van der Waals surface area (Å²) in [5.74, 6) is 0.252. The van der Waals surface area contributed by atoms with Gasteiger partial charge in [0.1, 0.15) is 0 Å². The molecular weight excluding hydrogens is 336 g/mol. The Hall–Kier alpha value is -0.340. The predicted octanol–water partition coefficient (Wildman–Crippen LogP) is 2.16.